The number of nitrogens with one attached hydrogen (secondary N) is 1. The summed E-state index contributed by atoms with van der Waals surface area (Å²) in [6, 6.07) is 6.13. The van der Waals surface area contributed by atoms with Crippen molar-refractivity contribution in [3.63, 3.8) is 0 Å². The van der Waals surface area contributed by atoms with Gasteiger partial charge in [-0.05, 0) is 37.1 Å². The van der Waals surface area contributed by atoms with Crippen molar-refractivity contribution in [3.05, 3.63) is 29.3 Å². The first-order chi connectivity index (χ1) is 9.03. The second-order valence-electron chi connectivity index (χ2n) is 4.56. The molecule has 0 spiro atoms. The topological polar surface area (TPSA) is 69.6 Å². The molecule has 1 aromatic carbocycles. The average Bonchev–Trinajstić information content (AvgIpc) is 2.41. The number of piperidine rings is 1. The summed E-state index contributed by atoms with van der Waals surface area (Å²) in [6.07, 6.45) is 2.45. The normalized spacial score (nSPS) is 21.3. The Morgan fingerprint density at radius 3 is 2.63 bits per heavy atom. The Morgan fingerprint density at radius 2 is 2.00 bits per heavy atom. The van der Waals surface area contributed by atoms with E-state index >= 15 is 0 Å². The Bertz CT molecular complexity index is 518. The summed E-state index contributed by atoms with van der Waals surface area (Å²) in [4.78, 5) is 0. The summed E-state index contributed by atoms with van der Waals surface area (Å²) in [6.45, 7) is 0.287. The van der Waals surface area contributed by atoms with Crippen molar-refractivity contribution in [1.82, 2.24) is 4.31 Å². The first-order valence-electron chi connectivity index (χ1n) is 6.19. The molecule has 0 radical (unpaired) electrons. The highest BCUT2D eigenvalue weighted by Gasteiger charge is 2.31. The van der Waals surface area contributed by atoms with Crippen LogP contribution in [-0.4, -0.2) is 37.0 Å². The Morgan fingerprint density at radius 1 is 1.32 bits per heavy atom. The van der Waals surface area contributed by atoms with Crippen molar-refractivity contribution < 1.29 is 13.5 Å². The van der Waals surface area contributed by atoms with Gasteiger partial charge >= 0.3 is 10.2 Å². The Kier molecular flexibility index (Phi) is 4.67. The molecule has 5 nitrogen and oxygen atoms in total. The molecule has 0 aromatic heterocycles. The first-order valence-corrected chi connectivity index (χ1v) is 8.01. The monoisotopic (exact) mass is 304 g/mol. The van der Waals surface area contributed by atoms with Crippen LogP contribution in [0.3, 0.4) is 0 Å². The lowest BCUT2D eigenvalue weighted by Crippen LogP contribution is -2.47. The molecule has 0 aliphatic carbocycles. The SMILES string of the molecule is O=S(=O)(Nc1ccc(Cl)cc1)N1CCCCC1CO. The smallest absolute Gasteiger partial charge is 0.301 e. The highest BCUT2D eigenvalue weighted by Crippen LogP contribution is 2.22. The highest BCUT2D eigenvalue weighted by atomic mass is 35.5. The van der Waals surface area contributed by atoms with E-state index in [9.17, 15) is 13.5 Å². The van der Waals surface area contributed by atoms with E-state index < -0.39 is 10.2 Å². The van der Waals surface area contributed by atoms with Crippen molar-refractivity contribution in [2.75, 3.05) is 17.9 Å². The molecule has 1 aliphatic rings. The molecule has 7 heteroatoms. The molecule has 1 unspecified atom stereocenters. The van der Waals surface area contributed by atoms with Crippen LogP contribution in [0.1, 0.15) is 19.3 Å². The van der Waals surface area contributed by atoms with E-state index in [1.54, 1.807) is 24.3 Å². The number of benzene rings is 1. The number of hydrogen-bond donors (Lipinski definition) is 2. The summed E-state index contributed by atoms with van der Waals surface area (Å²) in [5.41, 5.74) is 0.465. The molecule has 1 aliphatic heterocycles. The van der Waals surface area contributed by atoms with Crippen LogP contribution in [0, 0.1) is 0 Å². The van der Waals surface area contributed by atoms with E-state index in [-0.39, 0.29) is 12.6 Å². The van der Waals surface area contributed by atoms with Gasteiger partial charge in [-0.1, -0.05) is 18.0 Å². The zero-order valence-corrected chi connectivity index (χ0v) is 12.0. The van der Waals surface area contributed by atoms with Gasteiger partial charge in [0.25, 0.3) is 0 Å². The van der Waals surface area contributed by atoms with Gasteiger partial charge in [0, 0.05) is 23.3 Å². The zero-order valence-electron chi connectivity index (χ0n) is 10.4. The van der Waals surface area contributed by atoms with E-state index in [2.05, 4.69) is 4.72 Å². The van der Waals surface area contributed by atoms with Crippen LogP contribution in [0.5, 0.6) is 0 Å². The standard InChI is InChI=1S/C12H17ClN2O3S/c13-10-4-6-11(7-5-10)14-19(17,18)15-8-2-1-3-12(15)9-16/h4-7,12,14,16H,1-3,8-9H2. The van der Waals surface area contributed by atoms with Crippen LogP contribution < -0.4 is 4.72 Å². The predicted molar refractivity (Wildman–Crippen MR) is 75.4 cm³/mol. The number of nitrogens with zero attached hydrogens (tertiary/aromatic N) is 1. The van der Waals surface area contributed by atoms with Gasteiger partial charge in [-0.15, -0.1) is 0 Å². The van der Waals surface area contributed by atoms with Crippen LogP contribution >= 0.6 is 11.6 Å². The summed E-state index contributed by atoms with van der Waals surface area (Å²) >= 11 is 5.76. The molecular weight excluding hydrogens is 288 g/mol. The lowest BCUT2D eigenvalue weighted by Gasteiger charge is -2.33. The molecule has 1 saturated heterocycles. The molecule has 0 saturated carbocycles. The molecule has 2 N–H and O–H groups in total. The van der Waals surface area contributed by atoms with Crippen LogP contribution in [-0.2, 0) is 10.2 Å². The lowest BCUT2D eigenvalue weighted by atomic mass is 10.1. The number of aliphatic hydroxyl groups is 1. The molecule has 19 heavy (non-hydrogen) atoms. The quantitative estimate of drug-likeness (QED) is 0.892. The van der Waals surface area contributed by atoms with Crippen LogP contribution in [0.4, 0.5) is 5.69 Å². The summed E-state index contributed by atoms with van der Waals surface area (Å²) < 4.78 is 28.4. The second kappa shape index (κ2) is 6.09. The molecule has 1 heterocycles. The molecule has 1 aromatic rings. The third-order valence-electron chi connectivity index (χ3n) is 3.18. The maximum atomic E-state index is 12.3. The second-order valence-corrected chi connectivity index (χ2v) is 6.62. The van der Waals surface area contributed by atoms with Gasteiger partial charge in [-0.2, -0.15) is 12.7 Å². The third kappa shape index (κ3) is 3.60. The maximum absolute atomic E-state index is 12.3. The molecular formula is C12H17ClN2O3S. The molecule has 1 fully saturated rings. The fourth-order valence-corrected chi connectivity index (χ4v) is 3.81. The minimum absolute atomic E-state index is 0.151. The van der Waals surface area contributed by atoms with Gasteiger partial charge in [-0.3, -0.25) is 4.72 Å². The van der Waals surface area contributed by atoms with E-state index in [0.717, 1.165) is 12.8 Å². The summed E-state index contributed by atoms with van der Waals surface area (Å²) in [7, 11) is -3.63. The first kappa shape index (κ1) is 14.6. The van der Waals surface area contributed by atoms with E-state index in [1.165, 1.54) is 4.31 Å². The van der Waals surface area contributed by atoms with Crippen molar-refractivity contribution in [3.8, 4) is 0 Å². The predicted octanol–water partition coefficient (Wildman–Crippen LogP) is 1.84. The van der Waals surface area contributed by atoms with Crippen LogP contribution in [0.2, 0.25) is 5.02 Å². The minimum atomic E-state index is -3.63. The Balaban J connectivity index is 2.14. The van der Waals surface area contributed by atoms with Crippen molar-refractivity contribution in [2.45, 2.75) is 25.3 Å². The van der Waals surface area contributed by atoms with Crippen molar-refractivity contribution in [2.24, 2.45) is 0 Å². The number of anilines is 1. The van der Waals surface area contributed by atoms with Crippen LogP contribution in [0.15, 0.2) is 24.3 Å². The highest BCUT2D eigenvalue weighted by molar-refractivity contribution is 7.90. The van der Waals surface area contributed by atoms with Gasteiger partial charge < -0.3 is 5.11 Å². The molecule has 0 amide bonds. The number of hydrogen-bond acceptors (Lipinski definition) is 3. The third-order valence-corrected chi connectivity index (χ3v) is 5.03. The van der Waals surface area contributed by atoms with Gasteiger partial charge in [0.1, 0.15) is 0 Å². The van der Waals surface area contributed by atoms with Crippen molar-refractivity contribution >= 4 is 27.5 Å². The van der Waals surface area contributed by atoms with Gasteiger partial charge in [0.15, 0.2) is 0 Å². The molecule has 1 atom stereocenters. The molecule has 106 valence electrons. The molecule has 0 bridgehead atoms. The fourth-order valence-electron chi connectivity index (χ4n) is 2.20. The Hall–Kier alpha value is -0.820. The average molecular weight is 305 g/mol. The molecule has 2 rings (SSSR count). The van der Waals surface area contributed by atoms with Crippen molar-refractivity contribution in [1.29, 1.82) is 0 Å². The summed E-state index contributed by atoms with van der Waals surface area (Å²) in [5, 5.41) is 9.83. The fraction of sp³-hybridized carbons (Fsp3) is 0.500. The van der Waals surface area contributed by atoms with Gasteiger partial charge in [0.05, 0.1) is 6.61 Å². The number of halogens is 1. The number of rotatable bonds is 4. The maximum Gasteiger partial charge on any atom is 0.301 e. The van der Waals surface area contributed by atoms with E-state index in [4.69, 9.17) is 11.6 Å². The number of aliphatic hydroxyl groups excluding tert-OH is 1. The van der Waals surface area contributed by atoms with E-state index in [0.29, 0.717) is 23.7 Å². The van der Waals surface area contributed by atoms with Gasteiger partial charge in [0.2, 0.25) is 0 Å². The zero-order chi connectivity index (χ0) is 13.9. The summed E-state index contributed by atoms with van der Waals surface area (Å²) in [5.74, 6) is 0. The largest absolute Gasteiger partial charge is 0.395 e. The van der Waals surface area contributed by atoms with E-state index in [1.807, 2.05) is 0 Å². The lowest BCUT2D eigenvalue weighted by molar-refractivity contribution is 0.156. The Labute approximate surface area is 118 Å². The van der Waals surface area contributed by atoms with Gasteiger partial charge in [-0.25, -0.2) is 0 Å². The minimum Gasteiger partial charge on any atom is -0.395 e. The van der Waals surface area contributed by atoms with Crippen LogP contribution in [0.25, 0.3) is 0 Å².